The first-order valence-electron chi connectivity index (χ1n) is 5.19. The quantitative estimate of drug-likeness (QED) is 0.476. The summed E-state index contributed by atoms with van der Waals surface area (Å²) < 4.78 is 17.1. The van der Waals surface area contributed by atoms with E-state index in [0.29, 0.717) is 19.8 Å². The van der Waals surface area contributed by atoms with Crippen molar-refractivity contribution in [1.29, 1.82) is 0 Å². The predicted molar refractivity (Wildman–Crippen MR) is 55.6 cm³/mol. The summed E-state index contributed by atoms with van der Waals surface area (Å²) in [6.07, 6.45) is 1.73. The van der Waals surface area contributed by atoms with Gasteiger partial charge >= 0.3 is 25.6 Å². The van der Waals surface area contributed by atoms with Gasteiger partial charge in [0.05, 0.1) is 0 Å². The second-order valence-corrected chi connectivity index (χ2v) is 4.64. The first-order chi connectivity index (χ1) is 7.23. The molecule has 0 N–H and O–H groups in total. The summed E-state index contributed by atoms with van der Waals surface area (Å²) in [5.74, 6) is 0. The van der Waals surface area contributed by atoms with Gasteiger partial charge in [0, 0.05) is 31.4 Å². The minimum absolute atomic E-state index is 0. The number of hydrogen-bond donors (Lipinski definition) is 0. The third-order valence-corrected chi connectivity index (χ3v) is 3.00. The largest absolute Gasteiger partial charge is 1.00 e. The van der Waals surface area contributed by atoms with Crippen molar-refractivity contribution in [1.82, 2.24) is 4.98 Å². The van der Waals surface area contributed by atoms with E-state index in [2.05, 4.69) is 11.9 Å². The smallest absolute Gasteiger partial charge is 0.539 e. The molecule has 3 saturated heterocycles. The maximum absolute atomic E-state index is 5.71. The molecule has 0 radical (unpaired) electrons. The van der Waals surface area contributed by atoms with Crippen molar-refractivity contribution in [2.45, 2.75) is 6.92 Å². The normalized spacial score (nSPS) is 36.8. The van der Waals surface area contributed by atoms with Gasteiger partial charge in [-0.2, -0.15) is 0 Å². The molecule has 1 aromatic rings. The molecular weight excluding hydrogens is 200 g/mol. The zero-order chi connectivity index (χ0) is 10.4. The van der Waals surface area contributed by atoms with Crippen LogP contribution in [0.4, 0.5) is 0 Å². The van der Waals surface area contributed by atoms with Crippen molar-refractivity contribution < 1.29 is 32.8 Å². The first kappa shape index (κ1) is 12.2. The fourth-order valence-corrected chi connectivity index (χ4v) is 2.04. The van der Waals surface area contributed by atoms with E-state index in [1.165, 1.54) is 0 Å². The Morgan fingerprint density at radius 1 is 1.19 bits per heavy atom. The number of fused-ring (bicyclic) bond motifs is 3. The zero-order valence-corrected chi connectivity index (χ0v) is 9.68. The van der Waals surface area contributed by atoms with Gasteiger partial charge in [-0.3, -0.25) is 4.98 Å². The molecule has 3 fully saturated rings. The van der Waals surface area contributed by atoms with E-state index >= 15 is 0 Å². The minimum atomic E-state index is -1.76. The van der Waals surface area contributed by atoms with E-state index in [9.17, 15) is 0 Å². The van der Waals surface area contributed by atoms with E-state index in [1.54, 1.807) is 6.20 Å². The molecule has 0 unspecified atom stereocenters. The van der Waals surface area contributed by atoms with Crippen LogP contribution >= 0.6 is 0 Å². The molecule has 0 saturated carbocycles. The van der Waals surface area contributed by atoms with Gasteiger partial charge in [0.25, 0.3) is 0 Å². The molecule has 80 valence electrons. The van der Waals surface area contributed by atoms with E-state index in [-0.39, 0.29) is 24.3 Å². The van der Waals surface area contributed by atoms with Gasteiger partial charge in [-0.25, -0.2) is 0 Å². The summed E-state index contributed by atoms with van der Waals surface area (Å²) >= 11 is 0. The molecule has 3 aliphatic rings. The van der Waals surface area contributed by atoms with Crippen LogP contribution in [-0.2, 0) is 14.0 Å². The first-order valence-corrected chi connectivity index (χ1v) is 5.19. The molecule has 6 heteroatoms. The Labute approximate surface area is 107 Å². The Morgan fingerprint density at radius 3 is 2.31 bits per heavy atom. The molecule has 0 amide bonds. The maximum Gasteiger partial charge on any atom is 1.00 e. The van der Waals surface area contributed by atoms with Crippen LogP contribution in [0, 0.1) is 5.41 Å². The Kier molecular flexibility index (Phi) is 3.17. The second kappa shape index (κ2) is 4.17. The molecule has 4 heterocycles. The monoisotopic (exact) mass is 213 g/mol. The average molecular weight is 213 g/mol. The summed E-state index contributed by atoms with van der Waals surface area (Å²) in [6.45, 7) is 2.39. The standard InChI is InChI=1S/C10H13BNO3.Li/c1-10-6-13-11(14-7-10,15-8-10)9-4-2-3-5-12-9;/h2-5H,6-8H2,1H3;/q-1;+1. The van der Waals surface area contributed by atoms with Gasteiger partial charge in [0.2, 0.25) is 0 Å². The predicted octanol–water partition coefficient (Wildman–Crippen LogP) is -2.69. The van der Waals surface area contributed by atoms with Crippen LogP contribution in [0.2, 0.25) is 0 Å². The maximum atomic E-state index is 5.71. The molecule has 4 rings (SSSR count). The van der Waals surface area contributed by atoms with Crippen molar-refractivity contribution in [3.63, 3.8) is 0 Å². The molecule has 1 aromatic heterocycles. The van der Waals surface area contributed by atoms with Crippen molar-refractivity contribution in [3.05, 3.63) is 24.4 Å². The summed E-state index contributed by atoms with van der Waals surface area (Å²) in [4.78, 5) is 4.25. The fraction of sp³-hybridized carbons (Fsp3) is 0.500. The number of hydrogen-bond acceptors (Lipinski definition) is 4. The summed E-state index contributed by atoms with van der Waals surface area (Å²) in [5.41, 5.74) is 0.761. The van der Waals surface area contributed by atoms with Gasteiger partial charge in [0.1, 0.15) is 0 Å². The third kappa shape index (κ3) is 1.83. The van der Waals surface area contributed by atoms with Crippen LogP contribution in [0.5, 0.6) is 0 Å². The topological polar surface area (TPSA) is 40.6 Å². The van der Waals surface area contributed by atoms with E-state index in [1.807, 2.05) is 18.2 Å². The fourth-order valence-electron chi connectivity index (χ4n) is 2.04. The van der Waals surface area contributed by atoms with Crippen molar-refractivity contribution >= 4 is 12.3 Å². The number of pyridine rings is 1. The van der Waals surface area contributed by atoms with Gasteiger partial charge in [-0.1, -0.05) is 19.1 Å². The number of nitrogens with zero attached hydrogens (tertiary/aromatic N) is 1. The van der Waals surface area contributed by atoms with Crippen LogP contribution in [0.1, 0.15) is 6.92 Å². The molecule has 0 spiro atoms. The SMILES string of the molecule is CC12CO[B-](c3ccccn3)(OC1)OC2.[Li+]. The molecule has 16 heavy (non-hydrogen) atoms. The molecule has 0 aromatic carbocycles. The van der Waals surface area contributed by atoms with Gasteiger partial charge < -0.3 is 14.0 Å². The molecule has 0 atom stereocenters. The summed E-state index contributed by atoms with van der Waals surface area (Å²) in [6, 6.07) is 5.66. The third-order valence-electron chi connectivity index (χ3n) is 3.00. The summed E-state index contributed by atoms with van der Waals surface area (Å²) in [5, 5.41) is 0. The van der Waals surface area contributed by atoms with Crippen LogP contribution in [-0.4, -0.2) is 31.6 Å². The van der Waals surface area contributed by atoms with Crippen molar-refractivity contribution in [3.8, 4) is 0 Å². The summed E-state index contributed by atoms with van der Waals surface area (Å²) in [7, 11) is 0. The molecule has 2 bridgehead atoms. The Morgan fingerprint density at radius 2 is 1.81 bits per heavy atom. The Bertz CT molecular complexity index is 351. The van der Waals surface area contributed by atoms with Gasteiger partial charge in [0.15, 0.2) is 0 Å². The zero-order valence-electron chi connectivity index (χ0n) is 9.68. The van der Waals surface area contributed by atoms with Crippen LogP contribution in [0.3, 0.4) is 0 Å². The van der Waals surface area contributed by atoms with Gasteiger partial charge in [-0.15, -0.1) is 0 Å². The van der Waals surface area contributed by atoms with Crippen LogP contribution < -0.4 is 24.5 Å². The Hall–Kier alpha value is -0.308. The molecule has 4 nitrogen and oxygen atoms in total. The average Bonchev–Trinajstić information content (AvgIpc) is 2.32. The Balaban J connectivity index is 0.000000963. The van der Waals surface area contributed by atoms with Crippen molar-refractivity contribution in [2.75, 3.05) is 19.8 Å². The minimum Gasteiger partial charge on any atom is -0.539 e. The van der Waals surface area contributed by atoms with E-state index in [4.69, 9.17) is 14.0 Å². The molecule has 3 aliphatic heterocycles. The van der Waals surface area contributed by atoms with E-state index < -0.39 is 6.75 Å². The van der Waals surface area contributed by atoms with Crippen LogP contribution in [0.25, 0.3) is 0 Å². The van der Waals surface area contributed by atoms with Gasteiger partial charge in [-0.05, 0) is 11.7 Å². The van der Waals surface area contributed by atoms with Crippen LogP contribution in [0.15, 0.2) is 24.4 Å². The van der Waals surface area contributed by atoms with Crippen molar-refractivity contribution in [2.24, 2.45) is 5.41 Å². The second-order valence-electron chi connectivity index (χ2n) is 4.64. The molecule has 0 aliphatic carbocycles. The number of aromatic nitrogens is 1. The molecular formula is C10H13BLiNO3. The van der Waals surface area contributed by atoms with E-state index in [0.717, 1.165) is 5.59 Å². The number of rotatable bonds is 1.